The van der Waals surface area contributed by atoms with E-state index in [1.165, 1.54) is 0 Å². The van der Waals surface area contributed by atoms with E-state index in [0.717, 1.165) is 29.8 Å². The van der Waals surface area contributed by atoms with E-state index in [-0.39, 0.29) is 5.91 Å². The molecule has 1 aliphatic heterocycles. The van der Waals surface area contributed by atoms with E-state index in [1.807, 2.05) is 29.0 Å². The number of amidine groups is 1. The Kier molecular flexibility index (Phi) is 3.59. The van der Waals surface area contributed by atoms with Gasteiger partial charge >= 0.3 is 0 Å². The molecular formula is C15H17ClN4O. The van der Waals surface area contributed by atoms with Crippen LogP contribution in [-0.2, 0) is 6.54 Å². The van der Waals surface area contributed by atoms with Crippen molar-refractivity contribution in [2.24, 2.45) is 4.99 Å². The molecule has 0 aliphatic carbocycles. The number of carbonyl (C=O) groups is 1. The van der Waals surface area contributed by atoms with E-state index in [9.17, 15) is 4.79 Å². The summed E-state index contributed by atoms with van der Waals surface area (Å²) >= 11 is 6.31. The van der Waals surface area contributed by atoms with Crippen LogP contribution >= 0.6 is 11.6 Å². The van der Waals surface area contributed by atoms with E-state index in [4.69, 9.17) is 11.6 Å². The number of aliphatic imine (C=N–C) groups is 1. The Morgan fingerprint density at radius 3 is 2.95 bits per heavy atom. The molecule has 0 saturated carbocycles. The monoisotopic (exact) mass is 304 g/mol. The van der Waals surface area contributed by atoms with Gasteiger partial charge in [-0.2, -0.15) is 0 Å². The van der Waals surface area contributed by atoms with Crippen molar-refractivity contribution in [1.82, 2.24) is 14.8 Å². The number of halogens is 1. The molecule has 1 N–H and O–H groups in total. The molecule has 0 atom stereocenters. The lowest BCUT2D eigenvalue weighted by Crippen LogP contribution is -2.23. The van der Waals surface area contributed by atoms with Crippen molar-refractivity contribution < 1.29 is 4.79 Å². The molecule has 1 amide bonds. The number of aromatic nitrogens is 1. The molecule has 5 nitrogen and oxygen atoms in total. The summed E-state index contributed by atoms with van der Waals surface area (Å²) < 4.78 is 2.02. The van der Waals surface area contributed by atoms with Crippen LogP contribution in [0.3, 0.4) is 0 Å². The van der Waals surface area contributed by atoms with Crippen LogP contribution in [-0.4, -0.2) is 48.4 Å². The summed E-state index contributed by atoms with van der Waals surface area (Å²) in [6.45, 7) is 2.30. The molecule has 2 heterocycles. The molecule has 0 saturated heterocycles. The minimum Gasteiger partial charge on any atom is -0.370 e. The molecule has 2 aromatic rings. The highest BCUT2D eigenvalue weighted by Crippen LogP contribution is 2.29. The molecule has 0 bridgehead atoms. The van der Waals surface area contributed by atoms with Crippen LogP contribution in [0.2, 0.25) is 5.02 Å². The minimum atomic E-state index is -0.0480. The van der Waals surface area contributed by atoms with Crippen molar-refractivity contribution in [3.63, 3.8) is 0 Å². The summed E-state index contributed by atoms with van der Waals surface area (Å²) in [5, 5.41) is 4.64. The maximum Gasteiger partial charge on any atom is 0.255 e. The summed E-state index contributed by atoms with van der Waals surface area (Å²) in [7, 11) is 3.48. The number of benzene rings is 1. The number of fused-ring (bicyclic) bond motifs is 1. The zero-order chi connectivity index (χ0) is 15.0. The Labute approximate surface area is 128 Å². The topological polar surface area (TPSA) is 49.6 Å². The van der Waals surface area contributed by atoms with Crippen LogP contribution in [0.5, 0.6) is 0 Å². The van der Waals surface area contributed by atoms with Gasteiger partial charge in [0.1, 0.15) is 5.84 Å². The fraction of sp³-hybridized carbons (Fsp3) is 0.333. The molecule has 1 aliphatic rings. The van der Waals surface area contributed by atoms with Gasteiger partial charge in [0, 0.05) is 32.2 Å². The number of hydrogen-bond donors (Lipinski definition) is 1. The molecule has 0 fully saturated rings. The van der Waals surface area contributed by atoms with Crippen LogP contribution in [0.1, 0.15) is 10.4 Å². The molecule has 1 aromatic carbocycles. The molecule has 0 radical (unpaired) electrons. The van der Waals surface area contributed by atoms with E-state index < -0.39 is 0 Å². The van der Waals surface area contributed by atoms with Crippen molar-refractivity contribution in [2.75, 3.05) is 27.2 Å². The predicted molar refractivity (Wildman–Crippen MR) is 85.3 cm³/mol. The number of hydrogen-bond acceptors (Lipinski definition) is 3. The highest BCUT2D eigenvalue weighted by Gasteiger charge is 2.19. The van der Waals surface area contributed by atoms with Gasteiger partial charge in [0.25, 0.3) is 5.91 Å². The number of amides is 1. The summed E-state index contributed by atoms with van der Waals surface area (Å²) in [4.78, 5) is 18.3. The zero-order valence-electron chi connectivity index (χ0n) is 12.1. The van der Waals surface area contributed by atoms with Crippen molar-refractivity contribution in [1.29, 1.82) is 0 Å². The van der Waals surface area contributed by atoms with E-state index >= 15 is 0 Å². The molecule has 6 heteroatoms. The van der Waals surface area contributed by atoms with Crippen LogP contribution in [0.4, 0.5) is 0 Å². The Balaban J connectivity index is 2.12. The van der Waals surface area contributed by atoms with Gasteiger partial charge in [-0.15, -0.1) is 0 Å². The maximum absolute atomic E-state index is 12.4. The Bertz CT molecular complexity index is 733. The smallest absolute Gasteiger partial charge is 0.255 e. The Morgan fingerprint density at radius 1 is 1.48 bits per heavy atom. The second-order valence-electron chi connectivity index (χ2n) is 5.26. The van der Waals surface area contributed by atoms with Gasteiger partial charge in [-0.3, -0.25) is 9.79 Å². The average molecular weight is 305 g/mol. The molecule has 0 unspecified atom stereocenters. The summed E-state index contributed by atoms with van der Waals surface area (Å²) in [5.74, 6) is 0.892. The van der Waals surface area contributed by atoms with Gasteiger partial charge in [-0.05, 0) is 12.1 Å². The lowest BCUT2D eigenvalue weighted by molar-refractivity contribution is 0.0829. The Morgan fingerprint density at radius 2 is 2.29 bits per heavy atom. The maximum atomic E-state index is 12.4. The molecule has 3 rings (SSSR count). The van der Waals surface area contributed by atoms with Crippen molar-refractivity contribution in [2.45, 2.75) is 6.54 Å². The largest absolute Gasteiger partial charge is 0.370 e. The molecule has 1 aromatic heterocycles. The highest BCUT2D eigenvalue weighted by atomic mass is 35.5. The van der Waals surface area contributed by atoms with Crippen molar-refractivity contribution in [3.8, 4) is 0 Å². The highest BCUT2D eigenvalue weighted by molar-refractivity contribution is 6.36. The second-order valence-corrected chi connectivity index (χ2v) is 5.67. The molecule has 110 valence electrons. The number of nitrogens with one attached hydrogen (secondary N) is 1. The summed E-state index contributed by atoms with van der Waals surface area (Å²) in [6.07, 6.45) is 1.86. The molecule has 0 spiro atoms. The van der Waals surface area contributed by atoms with Crippen LogP contribution in [0.25, 0.3) is 10.9 Å². The van der Waals surface area contributed by atoms with E-state index in [0.29, 0.717) is 17.1 Å². The fourth-order valence-corrected chi connectivity index (χ4v) is 2.83. The number of carbonyl (C=O) groups excluding carboxylic acids is 1. The minimum absolute atomic E-state index is 0.0480. The summed E-state index contributed by atoms with van der Waals surface area (Å²) in [5.41, 5.74) is 1.57. The first-order chi connectivity index (χ1) is 10.1. The van der Waals surface area contributed by atoms with Crippen molar-refractivity contribution in [3.05, 3.63) is 35.0 Å². The van der Waals surface area contributed by atoms with Gasteiger partial charge < -0.3 is 14.8 Å². The first kappa shape index (κ1) is 13.9. The molecule has 21 heavy (non-hydrogen) atoms. The fourth-order valence-electron chi connectivity index (χ4n) is 2.56. The first-order valence-corrected chi connectivity index (χ1v) is 7.22. The van der Waals surface area contributed by atoms with Gasteiger partial charge in [-0.25, -0.2) is 0 Å². The van der Waals surface area contributed by atoms with E-state index in [2.05, 4.69) is 10.3 Å². The SMILES string of the molecule is CN(C)C(=O)c1cn(CC2=NCCN2)c2cccc(Cl)c12. The molecular weight excluding hydrogens is 288 g/mol. The van der Waals surface area contributed by atoms with Crippen LogP contribution in [0.15, 0.2) is 29.4 Å². The number of rotatable bonds is 3. The van der Waals surface area contributed by atoms with Gasteiger partial charge in [0.05, 0.1) is 29.2 Å². The summed E-state index contributed by atoms with van der Waals surface area (Å²) in [6, 6.07) is 5.68. The lowest BCUT2D eigenvalue weighted by atomic mass is 10.1. The third kappa shape index (κ3) is 2.49. The van der Waals surface area contributed by atoms with Crippen LogP contribution in [0, 0.1) is 0 Å². The normalized spacial score (nSPS) is 14.1. The van der Waals surface area contributed by atoms with Gasteiger partial charge in [-0.1, -0.05) is 17.7 Å². The Hall–Kier alpha value is -2.01. The predicted octanol–water partition coefficient (Wildman–Crippen LogP) is 2.00. The quantitative estimate of drug-likeness (QED) is 0.943. The van der Waals surface area contributed by atoms with Gasteiger partial charge in [0.15, 0.2) is 0 Å². The lowest BCUT2D eigenvalue weighted by Gasteiger charge is -2.09. The third-order valence-corrected chi connectivity index (χ3v) is 3.87. The third-order valence-electron chi connectivity index (χ3n) is 3.56. The van der Waals surface area contributed by atoms with Gasteiger partial charge in [0.2, 0.25) is 0 Å². The number of nitrogens with zero attached hydrogens (tertiary/aromatic N) is 3. The zero-order valence-corrected chi connectivity index (χ0v) is 12.8. The van der Waals surface area contributed by atoms with Crippen molar-refractivity contribution >= 4 is 34.2 Å². The standard InChI is InChI=1S/C15H17ClN4O/c1-19(2)15(21)10-8-20(9-13-17-6-7-18-13)12-5-3-4-11(16)14(10)12/h3-5,8H,6-7,9H2,1-2H3,(H,17,18). The van der Waals surface area contributed by atoms with E-state index in [1.54, 1.807) is 19.0 Å². The average Bonchev–Trinajstić information content (AvgIpc) is 3.07. The van der Waals surface area contributed by atoms with Crippen LogP contribution < -0.4 is 5.32 Å². The first-order valence-electron chi connectivity index (χ1n) is 6.84. The second kappa shape index (κ2) is 5.41.